The number of carbonyl (C=O) groups is 1. The summed E-state index contributed by atoms with van der Waals surface area (Å²) in [6.45, 7) is 4.16. The van der Waals surface area contributed by atoms with E-state index in [1.54, 1.807) is 36.4 Å². The molecule has 7 heteroatoms. The lowest BCUT2D eigenvalue weighted by atomic mass is 10.2. The van der Waals surface area contributed by atoms with Gasteiger partial charge in [-0.15, -0.1) is 0 Å². The molecule has 0 aliphatic heterocycles. The van der Waals surface area contributed by atoms with Crippen LogP contribution >= 0.6 is 11.6 Å². The van der Waals surface area contributed by atoms with E-state index in [0.717, 1.165) is 15.3 Å². The number of sulfonamides is 1. The Bertz CT molecular complexity index is 912. The van der Waals surface area contributed by atoms with Crippen molar-refractivity contribution in [1.29, 1.82) is 0 Å². The summed E-state index contributed by atoms with van der Waals surface area (Å²) < 4.78 is 26.9. The lowest BCUT2D eigenvalue weighted by molar-refractivity contribution is -0.121. The van der Waals surface area contributed by atoms with Gasteiger partial charge in [-0.2, -0.15) is 4.31 Å². The van der Waals surface area contributed by atoms with Gasteiger partial charge in [-0.3, -0.25) is 4.79 Å². The first-order valence-electron chi connectivity index (χ1n) is 9.01. The Morgan fingerprint density at radius 1 is 1.11 bits per heavy atom. The average molecular weight is 421 g/mol. The van der Waals surface area contributed by atoms with E-state index in [1.165, 1.54) is 6.08 Å². The van der Waals surface area contributed by atoms with Crippen LogP contribution in [0.1, 0.15) is 25.0 Å². The molecule has 1 amide bonds. The van der Waals surface area contributed by atoms with Crippen LogP contribution in [0.5, 0.6) is 0 Å². The van der Waals surface area contributed by atoms with Crippen molar-refractivity contribution in [3.05, 3.63) is 76.2 Å². The Hall–Kier alpha value is -2.15. The van der Waals surface area contributed by atoms with Gasteiger partial charge < -0.3 is 5.32 Å². The maximum absolute atomic E-state index is 12.9. The monoisotopic (exact) mass is 420 g/mol. The summed E-state index contributed by atoms with van der Waals surface area (Å²) >= 11 is 6.19. The molecule has 0 radical (unpaired) electrons. The van der Waals surface area contributed by atoms with Crippen LogP contribution < -0.4 is 5.32 Å². The predicted octanol–water partition coefficient (Wildman–Crippen LogP) is 3.91. The zero-order chi connectivity index (χ0) is 20.6. The second-order valence-corrected chi connectivity index (χ2v) is 9.04. The summed E-state index contributed by atoms with van der Waals surface area (Å²) in [5.41, 5.74) is 1.39. The number of hydrogen-bond donors (Lipinski definition) is 1. The SMILES string of the molecule is CC(C)CNC(=O)CN(Cc1ccccc1Cl)S(=O)(=O)/C=C/c1ccccc1. The zero-order valence-electron chi connectivity index (χ0n) is 16.0. The third-order valence-corrected chi connectivity index (χ3v) is 5.75. The van der Waals surface area contributed by atoms with Crippen molar-refractivity contribution in [3.63, 3.8) is 0 Å². The first-order chi connectivity index (χ1) is 13.3. The minimum atomic E-state index is -3.84. The molecule has 150 valence electrons. The summed E-state index contributed by atoms with van der Waals surface area (Å²) in [6, 6.07) is 16.1. The fraction of sp³-hybridized carbons (Fsp3) is 0.286. The van der Waals surface area contributed by atoms with Crippen LogP contribution in [0.15, 0.2) is 60.0 Å². The van der Waals surface area contributed by atoms with Crippen molar-refractivity contribution >= 4 is 33.6 Å². The molecule has 1 N–H and O–H groups in total. The van der Waals surface area contributed by atoms with E-state index in [1.807, 2.05) is 32.0 Å². The Morgan fingerprint density at radius 2 is 1.75 bits per heavy atom. The zero-order valence-corrected chi connectivity index (χ0v) is 17.6. The maximum atomic E-state index is 12.9. The van der Waals surface area contributed by atoms with Crippen molar-refractivity contribution in [1.82, 2.24) is 9.62 Å². The molecular weight excluding hydrogens is 396 g/mol. The molecule has 28 heavy (non-hydrogen) atoms. The number of amides is 1. The Morgan fingerprint density at radius 3 is 2.39 bits per heavy atom. The largest absolute Gasteiger partial charge is 0.355 e. The van der Waals surface area contributed by atoms with Crippen molar-refractivity contribution in [3.8, 4) is 0 Å². The van der Waals surface area contributed by atoms with E-state index in [-0.39, 0.29) is 24.9 Å². The summed E-state index contributed by atoms with van der Waals surface area (Å²) in [5, 5.41) is 4.33. The first-order valence-corrected chi connectivity index (χ1v) is 10.9. The summed E-state index contributed by atoms with van der Waals surface area (Å²) in [5.74, 6) is -0.0759. The Labute approximate surface area is 172 Å². The standard InChI is InChI=1S/C21H25ClN2O3S/c1-17(2)14-23-21(25)16-24(15-19-10-6-7-11-20(19)22)28(26,27)13-12-18-8-4-3-5-9-18/h3-13,17H,14-16H2,1-2H3,(H,23,25)/b13-12+. The summed E-state index contributed by atoms with van der Waals surface area (Å²) in [7, 11) is -3.84. The maximum Gasteiger partial charge on any atom is 0.237 e. The normalized spacial score (nSPS) is 12.0. The van der Waals surface area contributed by atoms with E-state index in [2.05, 4.69) is 5.32 Å². The fourth-order valence-corrected chi connectivity index (χ4v) is 3.71. The molecule has 0 aromatic heterocycles. The molecule has 2 rings (SSSR count). The van der Waals surface area contributed by atoms with Gasteiger partial charge in [0, 0.05) is 23.5 Å². The van der Waals surface area contributed by atoms with Crippen LogP contribution in [-0.4, -0.2) is 31.7 Å². The minimum Gasteiger partial charge on any atom is -0.355 e. The highest BCUT2D eigenvalue weighted by atomic mass is 35.5. The van der Waals surface area contributed by atoms with Crippen molar-refractivity contribution in [2.75, 3.05) is 13.1 Å². The topological polar surface area (TPSA) is 66.5 Å². The van der Waals surface area contributed by atoms with Gasteiger partial charge in [-0.05, 0) is 29.2 Å². The van der Waals surface area contributed by atoms with Gasteiger partial charge in [0.25, 0.3) is 0 Å². The van der Waals surface area contributed by atoms with Gasteiger partial charge in [-0.25, -0.2) is 8.42 Å². The van der Waals surface area contributed by atoms with Crippen LogP contribution in [0, 0.1) is 5.92 Å². The van der Waals surface area contributed by atoms with Crippen LogP contribution in [0.25, 0.3) is 6.08 Å². The smallest absolute Gasteiger partial charge is 0.237 e. The average Bonchev–Trinajstić information content (AvgIpc) is 2.67. The lowest BCUT2D eigenvalue weighted by Gasteiger charge is -2.21. The molecule has 0 fully saturated rings. The molecule has 0 spiro atoms. The molecule has 2 aromatic carbocycles. The van der Waals surface area contributed by atoms with Crippen LogP contribution in [-0.2, 0) is 21.4 Å². The predicted molar refractivity (Wildman–Crippen MR) is 114 cm³/mol. The molecule has 0 unspecified atom stereocenters. The van der Waals surface area contributed by atoms with Gasteiger partial charge >= 0.3 is 0 Å². The van der Waals surface area contributed by atoms with Crippen LogP contribution in [0.4, 0.5) is 0 Å². The van der Waals surface area contributed by atoms with E-state index in [0.29, 0.717) is 17.1 Å². The molecule has 0 atom stereocenters. The molecule has 2 aromatic rings. The number of nitrogens with zero attached hydrogens (tertiary/aromatic N) is 1. The van der Waals surface area contributed by atoms with Crippen molar-refractivity contribution < 1.29 is 13.2 Å². The Kier molecular flexibility index (Phi) is 8.23. The quantitative estimate of drug-likeness (QED) is 0.668. The second kappa shape index (κ2) is 10.4. The molecule has 0 heterocycles. The van der Waals surface area contributed by atoms with Crippen LogP contribution in [0.3, 0.4) is 0 Å². The molecule has 0 saturated carbocycles. The second-order valence-electron chi connectivity index (χ2n) is 6.82. The van der Waals surface area contributed by atoms with E-state index in [9.17, 15) is 13.2 Å². The molecule has 0 saturated heterocycles. The fourth-order valence-electron chi connectivity index (χ4n) is 2.40. The molecule has 0 aliphatic carbocycles. The molecule has 5 nitrogen and oxygen atoms in total. The van der Waals surface area contributed by atoms with Gasteiger partial charge in [0.1, 0.15) is 0 Å². The first kappa shape index (κ1) is 22.1. The molecular formula is C21H25ClN2O3S. The lowest BCUT2D eigenvalue weighted by Crippen LogP contribution is -2.40. The summed E-state index contributed by atoms with van der Waals surface area (Å²) in [6.07, 6.45) is 1.51. The number of hydrogen-bond acceptors (Lipinski definition) is 3. The highest BCUT2D eigenvalue weighted by molar-refractivity contribution is 7.92. The van der Waals surface area contributed by atoms with Crippen LogP contribution in [0.2, 0.25) is 5.02 Å². The van der Waals surface area contributed by atoms with Gasteiger partial charge in [0.2, 0.25) is 15.9 Å². The highest BCUT2D eigenvalue weighted by Crippen LogP contribution is 2.19. The highest BCUT2D eigenvalue weighted by Gasteiger charge is 2.23. The van der Waals surface area contributed by atoms with Crippen molar-refractivity contribution in [2.24, 2.45) is 5.92 Å². The number of carbonyl (C=O) groups excluding carboxylic acids is 1. The van der Waals surface area contributed by atoms with E-state index >= 15 is 0 Å². The van der Waals surface area contributed by atoms with E-state index < -0.39 is 10.0 Å². The number of benzene rings is 2. The third-order valence-electron chi connectivity index (χ3n) is 3.92. The van der Waals surface area contributed by atoms with Gasteiger partial charge in [0.15, 0.2) is 0 Å². The molecule has 0 aliphatic rings. The number of nitrogens with one attached hydrogen (secondary N) is 1. The van der Waals surface area contributed by atoms with Gasteiger partial charge in [0.05, 0.1) is 6.54 Å². The number of rotatable bonds is 9. The summed E-state index contributed by atoms with van der Waals surface area (Å²) in [4.78, 5) is 12.3. The minimum absolute atomic E-state index is 0.0102. The molecule has 0 bridgehead atoms. The Balaban J connectivity index is 2.24. The van der Waals surface area contributed by atoms with E-state index in [4.69, 9.17) is 11.6 Å². The van der Waals surface area contributed by atoms with Gasteiger partial charge in [-0.1, -0.05) is 74.0 Å². The third kappa shape index (κ3) is 7.11. The van der Waals surface area contributed by atoms with Crippen molar-refractivity contribution in [2.45, 2.75) is 20.4 Å². The number of halogens is 1.